The van der Waals surface area contributed by atoms with E-state index in [1.54, 1.807) is 12.1 Å². The second-order valence-electron chi connectivity index (χ2n) is 2.96. The van der Waals surface area contributed by atoms with Crippen LogP contribution in [0.25, 0.3) is 10.8 Å². The van der Waals surface area contributed by atoms with Crippen molar-refractivity contribution in [3.63, 3.8) is 0 Å². The van der Waals surface area contributed by atoms with Crippen LogP contribution in [0, 0.1) is 6.92 Å². The summed E-state index contributed by atoms with van der Waals surface area (Å²) in [5, 5.41) is 10.6. The molecular weight excluding hydrogens is 168 g/mol. The van der Waals surface area contributed by atoms with Gasteiger partial charge in [-0.2, -0.15) is 0 Å². The molecule has 0 spiro atoms. The highest BCUT2D eigenvalue weighted by Crippen LogP contribution is 2.22. The van der Waals surface area contributed by atoms with E-state index in [4.69, 9.17) is 0 Å². The smallest absolute Gasteiger partial charge is 0.339 e. The highest BCUT2D eigenvalue weighted by Gasteiger charge is 2.03. The Labute approximate surface area is 74.2 Å². The van der Waals surface area contributed by atoms with Gasteiger partial charge in [0.2, 0.25) is 0 Å². The minimum Gasteiger partial charge on any atom is -0.480 e. The fourth-order valence-electron chi connectivity index (χ4n) is 1.29. The third-order valence-electron chi connectivity index (χ3n) is 1.91. The van der Waals surface area contributed by atoms with Gasteiger partial charge < -0.3 is 9.52 Å². The van der Waals surface area contributed by atoms with Gasteiger partial charge in [-0.15, -0.1) is 0 Å². The van der Waals surface area contributed by atoms with E-state index in [1.807, 2.05) is 13.0 Å². The van der Waals surface area contributed by atoms with Gasteiger partial charge in [0, 0.05) is 6.07 Å². The monoisotopic (exact) mass is 176 g/mol. The van der Waals surface area contributed by atoms with Crippen LogP contribution in [-0.2, 0) is 0 Å². The highest BCUT2D eigenvalue weighted by atomic mass is 16.5. The Balaban J connectivity index is 2.95. The van der Waals surface area contributed by atoms with Crippen LogP contribution >= 0.6 is 0 Å². The second kappa shape index (κ2) is 2.62. The summed E-state index contributed by atoms with van der Waals surface area (Å²) in [5.41, 5.74) is 0.477. The Morgan fingerprint density at radius 3 is 2.85 bits per heavy atom. The van der Waals surface area contributed by atoms with Crippen molar-refractivity contribution in [2.24, 2.45) is 0 Å². The van der Waals surface area contributed by atoms with Crippen LogP contribution in [0.2, 0.25) is 0 Å². The van der Waals surface area contributed by atoms with Gasteiger partial charge in [-0.1, -0.05) is 17.7 Å². The van der Waals surface area contributed by atoms with Gasteiger partial charge in [-0.3, -0.25) is 0 Å². The molecule has 0 unspecified atom stereocenters. The first-order chi connectivity index (χ1) is 6.16. The maximum atomic E-state index is 10.9. The highest BCUT2D eigenvalue weighted by molar-refractivity contribution is 5.86. The zero-order valence-electron chi connectivity index (χ0n) is 7.07. The molecule has 1 N–H and O–H groups in total. The van der Waals surface area contributed by atoms with Crippen molar-refractivity contribution in [3.05, 3.63) is 40.2 Å². The molecule has 13 heavy (non-hydrogen) atoms. The molecule has 3 nitrogen and oxygen atoms in total. The van der Waals surface area contributed by atoms with Crippen LogP contribution < -0.4 is 5.63 Å². The van der Waals surface area contributed by atoms with E-state index < -0.39 is 5.63 Å². The first-order valence-electron chi connectivity index (χ1n) is 3.90. The summed E-state index contributed by atoms with van der Waals surface area (Å²) >= 11 is 0. The molecule has 0 bridgehead atoms. The average Bonchev–Trinajstić information content (AvgIpc) is 2.06. The Morgan fingerprint density at radius 1 is 1.31 bits per heavy atom. The Morgan fingerprint density at radius 2 is 2.08 bits per heavy atom. The van der Waals surface area contributed by atoms with E-state index in [0.717, 1.165) is 5.56 Å². The molecule has 0 aliphatic carbocycles. The van der Waals surface area contributed by atoms with Gasteiger partial charge >= 0.3 is 5.63 Å². The fraction of sp³-hybridized carbons (Fsp3) is 0.100. The predicted molar refractivity (Wildman–Crippen MR) is 48.9 cm³/mol. The maximum Gasteiger partial charge on any atom is 0.339 e. The Bertz CT molecular complexity index is 511. The van der Waals surface area contributed by atoms with Crippen LogP contribution in [-0.4, -0.2) is 5.11 Å². The molecule has 3 heteroatoms. The van der Waals surface area contributed by atoms with Crippen molar-refractivity contribution in [1.82, 2.24) is 0 Å². The predicted octanol–water partition coefficient (Wildman–Crippen LogP) is 1.81. The number of benzene rings is 1. The summed E-state index contributed by atoms with van der Waals surface area (Å²) in [4.78, 5) is 10.9. The fourth-order valence-corrected chi connectivity index (χ4v) is 1.29. The summed E-state index contributed by atoms with van der Waals surface area (Å²) in [6.45, 7) is 1.91. The molecule has 66 valence electrons. The quantitative estimate of drug-likeness (QED) is 0.665. The van der Waals surface area contributed by atoms with Crippen LogP contribution in [0.15, 0.2) is 33.5 Å². The molecule has 0 atom stereocenters. The number of hydrogen-bond acceptors (Lipinski definition) is 3. The number of aromatic hydroxyl groups is 1. The molecule has 0 fully saturated rings. The first kappa shape index (κ1) is 7.86. The van der Waals surface area contributed by atoms with E-state index in [-0.39, 0.29) is 5.95 Å². The van der Waals surface area contributed by atoms with Crippen LogP contribution in [0.1, 0.15) is 5.56 Å². The number of fused-ring (bicyclic) bond motifs is 1. The van der Waals surface area contributed by atoms with E-state index in [0.29, 0.717) is 10.8 Å². The summed E-state index contributed by atoms with van der Waals surface area (Å²) in [6, 6.07) is 6.78. The third-order valence-corrected chi connectivity index (χ3v) is 1.91. The maximum absolute atomic E-state index is 10.9. The van der Waals surface area contributed by atoms with E-state index in [2.05, 4.69) is 4.42 Å². The summed E-state index contributed by atoms with van der Waals surface area (Å²) < 4.78 is 4.55. The molecule has 1 heterocycles. The normalized spacial score (nSPS) is 10.5. The molecule has 0 amide bonds. The minimum atomic E-state index is -0.533. The number of aryl methyl sites for hydroxylation is 1. The molecule has 0 aliphatic rings. The van der Waals surface area contributed by atoms with Gasteiger partial charge in [0.05, 0.1) is 5.39 Å². The molecule has 2 aromatic rings. The second-order valence-corrected chi connectivity index (χ2v) is 2.96. The zero-order chi connectivity index (χ0) is 9.42. The van der Waals surface area contributed by atoms with Crippen LogP contribution in [0.5, 0.6) is 5.95 Å². The van der Waals surface area contributed by atoms with Crippen molar-refractivity contribution in [2.75, 3.05) is 0 Å². The molecule has 1 aromatic carbocycles. The Hall–Kier alpha value is -1.77. The van der Waals surface area contributed by atoms with Crippen molar-refractivity contribution >= 4 is 10.8 Å². The SMILES string of the molecule is Cc1ccc2cc(=O)oc(O)c2c1. The summed E-state index contributed by atoms with van der Waals surface area (Å²) in [7, 11) is 0. The standard InChI is InChI=1S/C10H8O3/c1-6-2-3-7-5-9(11)13-10(12)8(7)4-6/h2-5,12H,1H3. The molecule has 0 radical (unpaired) electrons. The molecule has 1 aromatic heterocycles. The van der Waals surface area contributed by atoms with Crippen molar-refractivity contribution in [1.29, 1.82) is 0 Å². The largest absolute Gasteiger partial charge is 0.480 e. The zero-order valence-corrected chi connectivity index (χ0v) is 7.07. The lowest BCUT2D eigenvalue weighted by atomic mass is 10.1. The van der Waals surface area contributed by atoms with Gasteiger partial charge in [0.15, 0.2) is 0 Å². The van der Waals surface area contributed by atoms with Crippen LogP contribution in [0.3, 0.4) is 0 Å². The van der Waals surface area contributed by atoms with Gasteiger partial charge in [-0.05, 0) is 18.4 Å². The van der Waals surface area contributed by atoms with E-state index in [1.165, 1.54) is 6.07 Å². The van der Waals surface area contributed by atoms with E-state index >= 15 is 0 Å². The van der Waals surface area contributed by atoms with Gasteiger partial charge in [0.25, 0.3) is 5.95 Å². The molecule has 0 saturated carbocycles. The lowest BCUT2D eigenvalue weighted by molar-refractivity contribution is 0.317. The van der Waals surface area contributed by atoms with Gasteiger partial charge in [-0.25, -0.2) is 4.79 Å². The molecule has 2 rings (SSSR count). The molecule has 0 aliphatic heterocycles. The van der Waals surface area contributed by atoms with Crippen molar-refractivity contribution in [2.45, 2.75) is 6.92 Å². The summed E-state index contributed by atoms with van der Waals surface area (Å²) in [5.74, 6) is -0.314. The average molecular weight is 176 g/mol. The van der Waals surface area contributed by atoms with Crippen LogP contribution in [0.4, 0.5) is 0 Å². The summed E-state index contributed by atoms with van der Waals surface area (Å²) in [6.07, 6.45) is 0. The van der Waals surface area contributed by atoms with Gasteiger partial charge in [0.1, 0.15) is 0 Å². The van der Waals surface area contributed by atoms with E-state index in [9.17, 15) is 9.90 Å². The lowest BCUT2D eigenvalue weighted by Crippen LogP contribution is -1.95. The van der Waals surface area contributed by atoms with Crippen molar-refractivity contribution < 1.29 is 9.52 Å². The third kappa shape index (κ3) is 1.28. The lowest BCUT2D eigenvalue weighted by Gasteiger charge is -1.99. The minimum absolute atomic E-state index is 0.314. The van der Waals surface area contributed by atoms with Crippen molar-refractivity contribution in [3.8, 4) is 5.95 Å². The molecular formula is C10H8O3. The first-order valence-corrected chi connectivity index (χ1v) is 3.90. The molecule has 0 saturated heterocycles. The topological polar surface area (TPSA) is 50.4 Å². The number of hydrogen-bond donors (Lipinski definition) is 1. The number of rotatable bonds is 0. The Kier molecular flexibility index (Phi) is 1.59.